The van der Waals surface area contributed by atoms with Crippen LogP contribution >= 0.6 is 12.4 Å². The maximum absolute atomic E-state index is 12.8. The highest BCUT2D eigenvalue weighted by Gasteiger charge is 2.36. The molecule has 1 fully saturated rings. The summed E-state index contributed by atoms with van der Waals surface area (Å²) in [5.74, 6) is -0.883. The fourth-order valence-electron chi connectivity index (χ4n) is 3.94. The molecule has 7 heteroatoms. The molecule has 2 N–H and O–H groups in total. The summed E-state index contributed by atoms with van der Waals surface area (Å²) >= 11 is 0. The zero-order chi connectivity index (χ0) is 20.4. The largest absolute Gasteiger partial charge is 0.351 e. The van der Waals surface area contributed by atoms with E-state index in [0.29, 0.717) is 23.2 Å². The summed E-state index contributed by atoms with van der Waals surface area (Å²) in [4.78, 5) is 39.4. The van der Waals surface area contributed by atoms with Gasteiger partial charge in [0, 0.05) is 12.1 Å². The van der Waals surface area contributed by atoms with E-state index < -0.39 is 0 Å². The molecule has 3 amide bonds. The van der Waals surface area contributed by atoms with Gasteiger partial charge in [0.25, 0.3) is 17.7 Å². The lowest BCUT2D eigenvalue weighted by Crippen LogP contribution is -2.42. The van der Waals surface area contributed by atoms with Crippen LogP contribution in [0, 0.1) is 5.41 Å². The topological polar surface area (TPSA) is 78.5 Å². The second-order valence-electron chi connectivity index (χ2n) is 8.19. The Hall–Kier alpha value is -2.70. The molecule has 0 radical (unpaired) electrons. The van der Waals surface area contributed by atoms with E-state index in [1.807, 2.05) is 30.3 Å². The van der Waals surface area contributed by atoms with Crippen molar-refractivity contribution in [3.8, 4) is 0 Å². The molecule has 0 spiro atoms. The van der Waals surface area contributed by atoms with E-state index >= 15 is 0 Å². The van der Waals surface area contributed by atoms with Gasteiger partial charge in [-0.3, -0.25) is 19.3 Å². The number of hydrogen-bond donors (Lipinski definition) is 2. The van der Waals surface area contributed by atoms with Gasteiger partial charge in [-0.05, 0) is 55.1 Å². The van der Waals surface area contributed by atoms with E-state index in [1.54, 1.807) is 18.2 Å². The number of benzene rings is 2. The Morgan fingerprint density at radius 1 is 1.03 bits per heavy atom. The van der Waals surface area contributed by atoms with Crippen LogP contribution in [0.5, 0.6) is 0 Å². The van der Waals surface area contributed by atoms with Crippen molar-refractivity contribution in [2.45, 2.75) is 26.3 Å². The van der Waals surface area contributed by atoms with Crippen LogP contribution in [0.1, 0.15) is 56.4 Å². The number of amides is 3. The molecule has 2 aromatic rings. The third kappa shape index (κ3) is 4.40. The van der Waals surface area contributed by atoms with Gasteiger partial charge in [-0.15, -0.1) is 12.4 Å². The second-order valence-corrected chi connectivity index (χ2v) is 8.19. The minimum Gasteiger partial charge on any atom is -0.351 e. The fourth-order valence-corrected chi connectivity index (χ4v) is 3.94. The lowest BCUT2D eigenvalue weighted by molar-refractivity contribution is 0.0642. The van der Waals surface area contributed by atoms with Gasteiger partial charge in [-0.2, -0.15) is 0 Å². The van der Waals surface area contributed by atoms with E-state index in [4.69, 9.17) is 0 Å². The predicted molar refractivity (Wildman–Crippen MR) is 117 cm³/mol. The van der Waals surface area contributed by atoms with Crippen LogP contribution in [-0.4, -0.2) is 42.3 Å². The number of carbonyl (C=O) groups excluding carboxylic acids is 3. The summed E-state index contributed by atoms with van der Waals surface area (Å²) in [6.45, 7) is 4.91. The first-order chi connectivity index (χ1) is 14.0. The standard InChI is InChI=1S/C23H25N3O3.ClH/c1-23(9-11-24-12-10-23)15-25-20(27)17-7-8-18-19(13-17)22(29)26(21(18)28)14-16-5-3-2-4-6-16;/h2-8,13,24H,9-12,14-15H2,1H3,(H,25,27);1H. The quantitative estimate of drug-likeness (QED) is 0.719. The molecular formula is C23H26ClN3O3. The molecule has 2 heterocycles. The molecule has 1 saturated heterocycles. The van der Waals surface area contributed by atoms with Gasteiger partial charge in [-0.25, -0.2) is 0 Å². The molecule has 0 aromatic heterocycles. The highest BCUT2D eigenvalue weighted by atomic mass is 35.5. The molecule has 0 saturated carbocycles. The molecule has 0 bridgehead atoms. The smallest absolute Gasteiger partial charge is 0.261 e. The number of rotatable bonds is 5. The van der Waals surface area contributed by atoms with Crippen molar-refractivity contribution < 1.29 is 14.4 Å². The number of carbonyl (C=O) groups is 3. The van der Waals surface area contributed by atoms with Crippen molar-refractivity contribution >= 4 is 30.1 Å². The number of imide groups is 1. The molecule has 0 atom stereocenters. The number of hydrogen-bond acceptors (Lipinski definition) is 4. The maximum Gasteiger partial charge on any atom is 0.261 e. The summed E-state index contributed by atoms with van der Waals surface area (Å²) in [6.07, 6.45) is 2.03. The summed E-state index contributed by atoms with van der Waals surface area (Å²) < 4.78 is 0. The average Bonchev–Trinajstić information content (AvgIpc) is 2.98. The van der Waals surface area contributed by atoms with Gasteiger partial charge < -0.3 is 10.6 Å². The van der Waals surface area contributed by atoms with Crippen LogP contribution in [-0.2, 0) is 6.54 Å². The molecular weight excluding hydrogens is 402 g/mol. The summed E-state index contributed by atoms with van der Waals surface area (Å²) in [5.41, 5.74) is 2.02. The molecule has 2 aliphatic heterocycles. The van der Waals surface area contributed by atoms with Gasteiger partial charge in [0.2, 0.25) is 0 Å². The predicted octanol–water partition coefficient (Wildman–Crippen LogP) is 3.02. The average molecular weight is 428 g/mol. The third-order valence-corrected chi connectivity index (χ3v) is 5.90. The first-order valence-corrected chi connectivity index (χ1v) is 10.00. The highest BCUT2D eigenvalue weighted by Crippen LogP contribution is 2.28. The fraction of sp³-hybridized carbons (Fsp3) is 0.348. The van der Waals surface area contributed by atoms with Gasteiger partial charge in [-0.1, -0.05) is 37.3 Å². The SMILES string of the molecule is CC1(CNC(=O)c2ccc3c(c2)C(=O)N(Cc2ccccc2)C3=O)CCNCC1.Cl. The molecule has 0 aliphatic carbocycles. The first kappa shape index (κ1) is 22.0. The van der Waals surface area contributed by atoms with Crippen molar-refractivity contribution in [3.63, 3.8) is 0 Å². The van der Waals surface area contributed by atoms with Gasteiger partial charge in [0.15, 0.2) is 0 Å². The highest BCUT2D eigenvalue weighted by molar-refractivity contribution is 6.22. The Morgan fingerprint density at radius 2 is 1.70 bits per heavy atom. The van der Waals surface area contributed by atoms with E-state index in [9.17, 15) is 14.4 Å². The zero-order valence-electron chi connectivity index (χ0n) is 16.9. The van der Waals surface area contributed by atoms with Gasteiger partial charge in [0.1, 0.15) is 0 Å². The minimum atomic E-state index is -0.353. The Kier molecular flexibility index (Phi) is 6.58. The summed E-state index contributed by atoms with van der Waals surface area (Å²) in [6, 6.07) is 14.1. The number of nitrogens with one attached hydrogen (secondary N) is 2. The van der Waals surface area contributed by atoms with Crippen molar-refractivity contribution in [2.24, 2.45) is 5.41 Å². The van der Waals surface area contributed by atoms with E-state index in [-0.39, 0.29) is 42.1 Å². The molecule has 2 aliphatic rings. The van der Waals surface area contributed by atoms with Crippen LogP contribution in [0.2, 0.25) is 0 Å². The van der Waals surface area contributed by atoms with Crippen LogP contribution in [0.3, 0.4) is 0 Å². The van der Waals surface area contributed by atoms with Crippen molar-refractivity contribution in [2.75, 3.05) is 19.6 Å². The number of fused-ring (bicyclic) bond motifs is 1. The van der Waals surface area contributed by atoms with Crippen molar-refractivity contribution in [1.29, 1.82) is 0 Å². The molecule has 4 rings (SSSR count). The Labute approximate surface area is 182 Å². The van der Waals surface area contributed by atoms with Crippen molar-refractivity contribution in [3.05, 3.63) is 70.8 Å². The number of halogens is 1. The first-order valence-electron chi connectivity index (χ1n) is 10.00. The maximum atomic E-state index is 12.8. The van der Waals surface area contributed by atoms with Gasteiger partial charge in [0.05, 0.1) is 17.7 Å². The van der Waals surface area contributed by atoms with E-state index in [2.05, 4.69) is 17.6 Å². The minimum absolute atomic E-state index is 0. The Bertz CT molecular complexity index is 955. The number of piperidine rings is 1. The zero-order valence-corrected chi connectivity index (χ0v) is 17.8. The van der Waals surface area contributed by atoms with E-state index in [0.717, 1.165) is 31.5 Å². The molecule has 0 unspecified atom stereocenters. The van der Waals surface area contributed by atoms with Crippen LogP contribution < -0.4 is 10.6 Å². The lowest BCUT2D eigenvalue weighted by Gasteiger charge is -2.34. The van der Waals surface area contributed by atoms with Crippen molar-refractivity contribution in [1.82, 2.24) is 15.5 Å². The number of nitrogens with zero attached hydrogens (tertiary/aromatic N) is 1. The normalized spacial score (nSPS) is 17.3. The molecule has 158 valence electrons. The van der Waals surface area contributed by atoms with Crippen LogP contribution in [0.4, 0.5) is 0 Å². The summed E-state index contributed by atoms with van der Waals surface area (Å²) in [7, 11) is 0. The van der Waals surface area contributed by atoms with E-state index in [1.165, 1.54) is 4.90 Å². The lowest BCUT2D eigenvalue weighted by atomic mass is 9.81. The van der Waals surface area contributed by atoms with Gasteiger partial charge >= 0.3 is 0 Å². The third-order valence-electron chi connectivity index (χ3n) is 5.90. The molecule has 30 heavy (non-hydrogen) atoms. The second kappa shape index (κ2) is 8.98. The summed E-state index contributed by atoms with van der Waals surface area (Å²) in [5, 5.41) is 6.33. The Morgan fingerprint density at radius 3 is 2.40 bits per heavy atom. The van der Waals surface area contributed by atoms with Crippen LogP contribution in [0.25, 0.3) is 0 Å². The molecule has 6 nitrogen and oxygen atoms in total. The monoisotopic (exact) mass is 427 g/mol. The van der Waals surface area contributed by atoms with Crippen LogP contribution in [0.15, 0.2) is 48.5 Å². The molecule has 2 aromatic carbocycles. The Balaban J connectivity index is 0.00000256.